The number of anilines is 1. The molecule has 2 aromatic carbocycles. The van der Waals surface area contributed by atoms with E-state index in [-0.39, 0.29) is 12.2 Å². The zero-order valence-electron chi connectivity index (χ0n) is 14.6. The number of fused-ring (bicyclic) bond motifs is 1. The van der Waals surface area contributed by atoms with Gasteiger partial charge < -0.3 is 14.1 Å². The van der Waals surface area contributed by atoms with E-state index in [0.717, 1.165) is 22.4 Å². The van der Waals surface area contributed by atoms with Gasteiger partial charge in [-0.1, -0.05) is 35.6 Å². The summed E-state index contributed by atoms with van der Waals surface area (Å²) in [5.41, 5.74) is 1.97. The third-order valence-electron chi connectivity index (χ3n) is 3.92. The van der Waals surface area contributed by atoms with Crippen molar-refractivity contribution in [2.75, 3.05) is 25.1 Å². The van der Waals surface area contributed by atoms with Crippen LogP contribution in [0.3, 0.4) is 0 Å². The number of rotatable bonds is 4. The van der Waals surface area contributed by atoms with Crippen molar-refractivity contribution >= 4 is 28.3 Å². The van der Waals surface area contributed by atoms with Crippen LogP contribution in [0.15, 0.2) is 57.7 Å². The fourth-order valence-corrected chi connectivity index (χ4v) is 2.71. The molecule has 0 radical (unpaired) electrons. The Morgan fingerprint density at radius 1 is 1.15 bits per heavy atom. The molecule has 0 aliphatic heterocycles. The van der Waals surface area contributed by atoms with Crippen molar-refractivity contribution in [2.45, 2.75) is 6.92 Å². The molecule has 0 unspecified atom stereocenters. The number of hydrogen-bond donors (Lipinski definition) is 0. The lowest BCUT2D eigenvalue weighted by molar-refractivity contribution is 0.370. The summed E-state index contributed by atoms with van der Waals surface area (Å²) in [5, 5.41) is 1.56. The molecule has 5 heteroatoms. The predicted molar refractivity (Wildman–Crippen MR) is 105 cm³/mol. The standard InChI is InChI=1S/C21H18ClNO3/c1-15-6-5-7-18-19(14-20(24)26-21(15)18)23(2)12-3-4-13-25-17-10-8-16(22)9-11-17/h5-11,14H,12-13H2,1-2H3. The average molecular weight is 368 g/mol. The Balaban J connectivity index is 1.68. The monoisotopic (exact) mass is 367 g/mol. The van der Waals surface area contributed by atoms with Gasteiger partial charge in [-0.25, -0.2) is 4.79 Å². The zero-order valence-corrected chi connectivity index (χ0v) is 15.3. The maximum absolute atomic E-state index is 11.9. The summed E-state index contributed by atoms with van der Waals surface area (Å²) in [5.74, 6) is 6.75. The molecular formula is C21H18ClNO3. The van der Waals surface area contributed by atoms with Crippen LogP contribution >= 0.6 is 11.6 Å². The molecule has 0 N–H and O–H groups in total. The Kier molecular flexibility index (Phi) is 5.50. The van der Waals surface area contributed by atoms with E-state index in [0.29, 0.717) is 17.2 Å². The topological polar surface area (TPSA) is 42.7 Å². The van der Waals surface area contributed by atoms with E-state index >= 15 is 0 Å². The normalized spacial score (nSPS) is 10.3. The summed E-state index contributed by atoms with van der Waals surface area (Å²) in [4.78, 5) is 13.8. The number of hydrogen-bond acceptors (Lipinski definition) is 4. The second-order valence-corrected chi connectivity index (χ2v) is 6.29. The van der Waals surface area contributed by atoms with Crippen LogP contribution in [0, 0.1) is 18.8 Å². The molecule has 26 heavy (non-hydrogen) atoms. The van der Waals surface area contributed by atoms with Gasteiger partial charge in [0.2, 0.25) is 0 Å². The molecule has 0 saturated carbocycles. The van der Waals surface area contributed by atoms with Crippen LogP contribution in [0.2, 0.25) is 5.02 Å². The minimum atomic E-state index is -0.368. The fraction of sp³-hybridized carbons (Fsp3) is 0.190. The lowest BCUT2D eigenvalue weighted by atomic mass is 10.1. The van der Waals surface area contributed by atoms with E-state index in [1.54, 1.807) is 24.3 Å². The molecular weight excluding hydrogens is 350 g/mol. The lowest BCUT2D eigenvalue weighted by Gasteiger charge is -2.18. The summed E-state index contributed by atoms with van der Waals surface area (Å²) in [7, 11) is 1.89. The van der Waals surface area contributed by atoms with Gasteiger partial charge in [0, 0.05) is 23.5 Å². The highest BCUT2D eigenvalue weighted by atomic mass is 35.5. The van der Waals surface area contributed by atoms with Gasteiger partial charge in [0.05, 0.1) is 12.2 Å². The predicted octanol–water partition coefficient (Wildman–Crippen LogP) is 4.27. The van der Waals surface area contributed by atoms with Gasteiger partial charge in [-0.05, 0) is 42.8 Å². The smallest absolute Gasteiger partial charge is 0.338 e. The third kappa shape index (κ3) is 4.19. The SMILES string of the molecule is Cc1cccc2c(N(C)CC#CCOc3ccc(Cl)cc3)cc(=O)oc12. The van der Waals surface area contributed by atoms with Gasteiger partial charge in [-0.2, -0.15) is 0 Å². The Morgan fingerprint density at radius 3 is 2.69 bits per heavy atom. The first-order valence-electron chi connectivity index (χ1n) is 8.13. The Bertz CT molecular complexity index is 1030. The largest absolute Gasteiger partial charge is 0.481 e. The number of ether oxygens (including phenoxy) is 1. The Labute approximate surface area is 157 Å². The van der Waals surface area contributed by atoms with E-state index in [2.05, 4.69) is 11.8 Å². The first kappa shape index (κ1) is 17.9. The van der Waals surface area contributed by atoms with Crippen molar-refractivity contribution in [2.24, 2.45) is 0 Å². The fourth-order valence-electron chi connectivity index (χ4n) is 2.59. The zero-order chi connectivity index (χ0) is 18.5. The van der Waals surface area contributed by atoms with E-state index < -0.39 is 0 Å². The number of nitrogens with zero attached hydrogens (tertiary/aromatic N) is 1. The van der Waals surface area contributed by atoms with Crippen molar-refractivity contribution in [3.05, 3.63) is 69.5 Å². The molecule has 1 aromatic heterocycles. The van der Waals surface area contributed by atoms with E-state index in [4.69, 9.17) is 20.8 Å². The first-order valence-corrected chi connectivity index (χ1v) is 8.51. The molecule has 0 aliphatic carbocycles. The second-order valence-electron chi connectivity index (χ2n) is 5.85. The molecule has 0 amide bonds. The molecule has 3 rings (SSSR count). The molecule has 3 aromatic rings. The number of aryl methyl sites for hydroxylation is 1. The van der Waals surface area contributed by atoms with Crippen molar-refractivity contribution in [1.29, 1.82) is 0 Å². The van der Waals surface area contributed by atoms with Gasteiger partial charge >= 0.3 is 5.63 Å². The molecule has 132 valence electrons. The van der Waals surface area contributed by atoms with Crippen LogP contribution in [0.1, 0.15) is 5.56 Å². The van der Waals surface area contributed by atoms with Crippen LogP contribution in [0.4, 0.5) is 5.69 Å². The summed E-state index contributed by atoms with van der Waals surface area (Å²) >= 11 is 5.83. The van der Waals surface area contributed by atoms with Gasteiger partial charge in [0.15, 0.2) is 0 Å². The van der Waals surface area contributed by atoms with Crippen molar-refractivity contribution < 1.29 is 9.15 Å². The number of benzene rings is 2. The highest BCUT2D eigenvalue weighted by Crippen LogP contribution is 2.26. The highest BCUT2D eigenvalue weighted by molar-refractivity contribution is 6.30. The number of para-hydroxylation sites is 1. The van der Waals surface area contributed by atoms with Crippen LogP contribution in [-0.2, 0) is 0 Å². The van der Waals surface area contributed by atoms with Gasteiger partial charge in [0.25, 0.3) is 0 Å². The van der Waals surface area contributed by atoms with Crippen LogP contribution in [0.25, 0.3) is 11.0 Å². The van der Waals surface area contributed by atoms with Crippen LogP contribution in [-0.4, -0.2) is 20.2 Å². The van der Waals surface area contributed by atoms with Crippen molar-refractivity contribution in [3.63, 3.8) is 0 Å². The molecule has 0 saturated heterocycles. The Hall–Kier alpha value is -2.90. The van der Waals surface area contributed by atoms with Gasteiger partial charge in [-0.15, -0.1) is 0 Å². The Morgan fingerprint density at radius 2 is 1.92 bits per heavy atom. The summed E-state index contributed by atoms with van der Waals surface area (Å²) in [6.07, 6.45) is 0. The van der Waals surface area contributed by atoms with E-state index in [9.17, 15) is 4.79 Å². The molecule has 1 heterocycles. The molecule has 0 spiro atoms. The molecule has 0 fully saturated rings. The molecule has 4 nitrogen and oxygen atoms in total. The van der Waals surface area contributed by atoms with E-state index in [1.165, 1.54) is 6.07 Å². The van der Waals surface area contributed by atoms with Crippen LogP contribution < -0.4 is 15.3 Å². The van der Waals surface area contributed by atoms with Crippen LogP contribution in [0.5, 0.6) is 5.75 Å². The quantitative estimate of drug-likeness (QED) is 0.510. The van der Waals surface area contributed by atoms with Crippen molar-refractivity contribution in [3.8, 4) is 17.6 Å². The highest BCUT2D eigenvalue weighted by Gasteiger charge is 2.10. The summed E-state index contributed by atoms with van der Waals surface area (Å²) in [6.45, 7) is 2.67. The maximum atomic E-state index is 11.9. The van der Waals surface area contributed by atoms with Gasteiger partial charge in [-0.3, -0.25) is 0 Å². The molecule has 0 aliphatic rings. The summed E-state index contributed by atoms with van der Waals surface area (Å²) in [6, 6.07) is 14.4. The third-order valence-corrected chi connectivity index (χ3v) is 4.17. The molecule has 0 bridgehead atoms. The van der Waals surface area contributed by atoms with Crippen molar-refractivity contribution in [1.82, 2.24) is 0 Å². The lowest BCUT2D eigenvalue weighted by Crippen LogP contribution is -2.19. The minimum Gasteiger partial charge on any atom is -0.481 e. The second kappa shape index (κ2) is 7.99. The minimum absolute atomic E-state index is 0.284. The summed E-state index contributed by atoms with van der Waals surface area (Å²) < 4.78 is 10.9. The van der Waals surface area contributed by atoms with E-state index in [1.807, 2.05) is 37.1 Å². The average Bonchev–Trinajstić information content (AvgIpc) is 2.63. The number of halogens is 1. The first-order chi connectivity index (χ1) is 12.5. The maximum Gasteiger partial charge on any atom is 0.338 e. The molecule has 0 atom stereocenters. The van der Waals surface area contributed by atoms with Gasteiger partial charge in [0.1, 0.15) is 17.9 Å².